The van der Waals surface area contributed by atoms with Gasteiger partial charge in [0.1, 0.15) is 11.6 Å². The first-order valence-corrected chi connectivity index (χ1v) is 7.42. The Balaban J connectivity index is 2.02. The van der Waals surface area contributed by atoms with Crippen LogP contribution in [0.5, 0.6) is 5.88 Å². The lowest BCUT2D eigenvalue weighted by atomic mass is 9.90. The molecule has 1 N–H and O–H groups in total. The molecule has 106 valence electrons. The first-order chi connectivity index (χ1) is 9.20. The molecule has 0 bridgehead atoms. The molecule has 0 aromatic carbocycles. The van der Waals surface area contributed by atoms with Crippen molar-refractivity contribution in [2.45, 2.75) is 52.9 Å². The largest absolute Gasteiger partial charge is 0.477 e. The number of hydrogen-bond acceptors (Lipinski definition) is 4. The molecule has 4 nitrogen and oxygen atoms in total. The normalized spacial score (nSPS) is 16.4. The highest BCUT2D eigenvalue weighted by Gasteiger charge is 2.16. The zero-order chi connectivity index (χ0) is 13.7. The van der Waals surface area contributed by atoms with Gasteiger partial charge in [-0.15, -0.1) is 0 Å². The molecule has 1 fully saturated rings. The Morgan fingerprint density at radius 2 is 1.89 bits per heavy atom. The van der Waals surface area contributed by atoms with Crippen LogP contribution in [0.25, 0.3) is 0 Å². The van der Waals surface area contributed by atoms with E-state index in [2.05, 4.69) is 22.2 Å². The maximum atomic E-state index is 5.95. The highest BCUT2D eigenvalue weighted by Crippen LogP contribution is 2.26. The molecule has 19 heavy (non-hydrogen) atoms. The number of aryl methyl sites for hydroxylation is 1. The molecule has 1 heterocycles. The second-order valence-electron chi connectivity index (χ2n) is 5.39. The Morgan fingerprint density at radius 3 is 2.58 bits per heavy atom. The van der Waals surface area contributed by atoms with E-state index in [0.29, 0.717) is 5.92 Å². The van der Waals surface area contributed by atoms with Gasteiger partial charge in [0.2, 0.25) is 5.88 Å². The number of anilines is 1. The van der Waals surface area contributed by atoms with E-state index in [4.69, 9.17) is 4.74 Å². The van der Waals surface area contributed by atoms with E-state index >= 15 is 0 Å². The van der Waals surface area contributed by atoms with Gasteiger partial charge in [-0.25, -0.2) is 4.98 Å². The highest BCUT2D eigenvalue weighted by molar-refractivity contribution is 5.48. The summed E-state index contributed by atoms with van der Waals surface area (Å²) in [5.41, 5.74) is 1.02. The summed E-state index contributed by atoms with van der Waals surface area (Å²) in [5, 5.41) is 3.26. The van der Waals surface area contributed by atoms with Gasteiger partial charge in [0, 0.05) is 6.54 Å². The van der Waals surface area contributed by atoms with Crippen LogP contribution in [0.3, 0.4) is 0 Å². The van der Waals surface area contributed by atoms with Gasteiger partial charge in [-0.3, -0.25) is 0 Å². The maximum absolute atomic E-state index is 5.95. The van der Waals surface area contributed by atoms with Gasteiger partial charge in [-0.2, -0.15) is 4.98 Å². The topological polar surface area (TPSA) is 47.0 Å². The van der Waals surface area contributed by atoms with E-state index in [9.17, 15) is 0 Å². The predicted octanol–water partition coefficient (Wildman–Crippen LogP) is 3.48. The average molecular weight is 263 g/mol. The second-order valence-corrected chi connectivity index (χ2v) is 5.39. The van der Waals surface area contributed by atoms with Crippen molar-refractivity contribution in [3.8, 4) is 5.88 Å². The van der Waals surface area contributed by atoms with E-state index in [-0.39, 0.29) is 0 Å². The summed E-state index contributed by atoms with van der Waals surface area (Å²) in [6, 6.07) is 0. The number of hydrogen-bond donors (Lipinski definition) is 1. The van der Waals surface area contributed by atoms with Crippen molar-refractivity contribution in [2.24, 2.45) is 5.92 Å². The van der Waals surface area contributed by atoms with E-state index < -0.39 is 0 Å². The van der Waals surface area contributed by atoms with Crippen molar-refractivity contribution < 1.29 is 4.74 Å². The fourth-order valence-corrected chi connectivity index (χ4v) is 2.63. The Labute approximate surface area is 116 Å². The summed E-state index contributed by atoms with van der Waals surface area (Å²) in [6.07, 6.45) is 6.66. The number of aromatic nitrogens is 2. The van der Waals surface area contributed by atoms with Crippen molar-refractivity contribution in [1.82, 2.24) is 9.97 Å². The standard InChI is InChI=1S/C15H25N3O/c1-4-16-14-11(2)15(18-12(3)17-14)19-10-13-8-6-5-7-9-13/h13H,4-10H2,1-3H3,(H,16,17,18). The minimum absolute atomic E-state index is 0.700. The molecular weight excluding hydrogens is 238 g/mol. The monoisotopic (exact) mass is 263 g/mol. The molecule has 0 saturated heterocycles. The van der Waals surface area contributed by atoms with Crippen LogP contribution >= 0.6 is 0 Å². The third kappa shape index (κ3) is 3.82. The molecule has 0 spiro atoms. The van der Waals surface area contributed by atoms with Gasteiger partial charge < -0.3 is 10.1 Å². The summed E-state index contributed by atoms with van der Waals surface area (Å²) in [4.78, 5) is 8.84. The Kier molecular flexibility index (Phi) is 5.00. The lowest BCUT2D eigenvalue weighted by Gasteiger charge is -2.22. The molecule has 0 radical (unpaired) electrons. The minimum Gasteiger partial charge on any atom is -0.477 e. The number of rotatable bonds is 5. The summed E-state index contributed by atoms with van der Waals surface area (Å²) < 4.78 is 5.95. The van der Waals surface area contributed by atoms with Gasteiger partial charge >= 0.3 is 0 Å². The van der Waals surface area contributed by atoms with E-state index in [1.165, 1.54) is 32.1 Å². The van der Waals surface area contributed by atoms with Crippen molar-refractivity contribution in [3.63, 3.8) is 0 Å². The van der Waals surface area contributed by atoms with Gasteiger partial charge in [0.05, 0.1) is 12.2 Å². The van der Waals surface area contributed by atoms with Crippen LogP contribution in [0.4, 0.5) is 5.82 Å². The first kappa shape index (κ1) is 14.1. The fourth-order valence-electron chi connectivity index (χ4n) is 2.63. The number of nitrogens with zero attached hydrogens (tertiary/aromatic N) is 2. The molecule has 0 aliphatic heterocycles. The molecule has 1 aromatic heterocycles. The molecule has 1 aliphatic rings. The Morgan fingerprint density at radius 1 is 1.16 bits per heavy atom. The van der Waals surface area contributed by atoms with Gasteiger partial charge in [0.15, 0.2) is 0 Å². The highest BCUT2D eigenvalue weighted by atomic mass is 16.5. The van der Waals surface area contributed by atoms with E-state index in [1.54, 1.807) is 0 Å². The fraction of sp³-hybridized carbons (Fsp3) is 0.733. The summed E-state index contributed by atoms with van der Waals surface area (Å²) in [5.74, 6) is 3.11. The third-order valence-corrected chi connectivity index (χ3v) is 3.74. The van der Waals surface area contributed by atoms with Crippen LogP contribution in [-0.4, -0.2) is 23.1 Å². The summed E-state index contributed by atoms with van der Waals surface area (Å²) in [7, 11) is 0. The molecule has 2 rings (SSSR count). The summed E-state index contributed by atoms with van der Waals surface area (Å²) in [6.45, 7) is 7.66. The Bertz CT molecular complexity index is 414. The number of ether oxygens (including phenoxy) is 1. The lowest BCUT2D eigenvalue weighted by molar-refractivity contribution is 0.201. The van der Waals surface area contributed by atoms with Gasteiger partial charge in [-0.1, -0.05) is 19.3 Å². The van der Waals surface area contributed by atoms with Crippen LogP contribution in [0, 0.1) is 19.8 Å². The molecule has 0 atom stereocenters. The average Bonchev–Trinajstić information content (AvgIpc) is 2.42. The summed E-state index contributed by atoms with van der Waals surface area (Å²) >= 11 is 0. The van der Waals surface area contributed by atoms with Crippen LogP contribution in [-0.2, 0) is 0 Å². The van der Waals surface area contributed by atoms with Gasteiger partial charge in [-0.05, 0) is 39.5 Å². The Hall–Kier alpha value is -1.32. The first-order valence-electron chi connectivity index (χ1n) is 7.42. The van der Waals surface area contributed by atoms with Gasteiger partial charge in [0.25, 0.3) is 0 Å². The maximum Gasteiger partial charge on any atom is 0.221 e. The minimum atomic E-state index is 0.700. The van der Waals surface area contributed by atoms with E-state index in [0.717, 1.165) is 36.2 Å². The smallest absolute Gasteiger partial charge is 0.221 e. The lowest BCUT2D eigenvalue weighted by Crippen LogP contribution is -2.17. The SMILES string of the molecule is CCNc1nc(C)nc(OCC2CCCCC2)c1C. The van der Waals surface area contributed by atoms with Crippen molar-refractivity contribution >= 4 is 5.82 Å². The van der Waals surface area contributed by atoms with Crippen molar-refractivity contribution in [3.05, 3.63) is 11.4 Å². The van der Waals surface area contributed by atoms with Crippen molar-refractivity contribution in [2.75, 3.05) is 18.5 Å². The molecule has 1 aromatic rings. The number of nitrogens with one attached hydrogen (secondary N) is 1. The molecule has 0 unspecified atom stereocenters. The zero-order valence-corrected chi connectivity index (χ0v) is 12.3. The molecule has 1 saturated carbocycles. The molecular formula is C15H25N3O. The molecule has 1 aliphatic carbocycles. The molecule has 4 heteroatoms. The van der Waals surface area contributed by atoms with Crippen molar-refractivity contribution in [1.29, 1.82) is 0 Å². The second kappa shape index (κ2) is 6.73. The van der Waals surface area contributed by atoms with Crippen LogP contribution in [0.2, 0.25) is 0 Å². The van der Waals surface area contributed by atoms with Crippen LogP contribution in [0.1, 0.15) is 50.4 Å². The molecule has 0 amide bonds. The van der Waals surface area contributed by atoms with Crippen LogP contribution in [0.15, 0.2) is 0 Å². The van der Waals surface area contributed by atoms with Crippen LogP contribution < -0.4 is 10.1 Å². The van der Waals surface area contributed by atoms with E-state index in [1.807, 2.05) is 13.8 Å². The third-order valence-electron chi connectivity index (χ3n) is 3.74. The predicted molar refractivity (Wildman–Crippen MR) is 77.7 cm³/mol. The quantitative estimate of drug-likeness (QED) is 0.883. The zero-order valence-electron chi connectivity index (χ0n) is 12.3.